The summed E-state index contributed by atoms with van der Waals surface area (Å²) in [5, 5.41) is 0. The molecule has 3 nitrogen and oxygen atoms in total. The van der Waals surface area contributed by atoms with E-state index in [1.165, 1.54) is 0 Å². The Morgan fingerprint density at radius 3 is 2.63 bits per heavy atom. The van der Waals surface area contributed by atoms with Crippen LogP contribution in [0.3, 0.4) is 0 Å². The van der Waals surface area contributed by atoms with Crippen LogP contribution in [0.25, 0.3) is 0 Å². The first-order valence-electron chi connectivity index (χ1n) is 7.63. The maximum Gasteiger partial charge on any atom is 0.139 e. The molecule has 106 valence electrons. The highest BCUT2D eigenvalue weighted by Crippen LogP contribution is 2.54. The molecule has 2 rings (SSSR count). The molecule has 0 saturated heterocycles. The number of fused-ring (bicyclic) bond motifs is 1. The molecule has 0 aromatic carbocycles. The molecule has 0 aromatic rings. The normalized spacial score (nSPS) is 34.4. The third kappa shape index (κ3) is 2.39. The first-order chi connectivity index (χ1) is 9.05. The Morgan fingerprint density at radius 1 is 1.26 bits per heavy atom. The van der Waals surface area contributed by atoms with Gasteiger partial charge in [0.25, 0.3) is 0 Å². The number of ketones is 3. The van der Waals surface area contributed by atoms with Crippen molar-refractivity contribution in [1.29, 1.82) is 0 Å². The van der Waals surface area contributed by atoms with Crippen LogP contribution in [0.15, 0.2) is 0 Å². The Hall–Kier alpha value is -0.990. The fourth-order valence-corrected chi connectivity index (χ4v) is 4.18. The molecule has 2 fully saturated rings. The topological polar surface area (TPSA) is 51.2 Å². The second-order valence-corrected chi connectivity index (χ2v) is 6.08. The fraction of sp³-hybridized carbons (Fsp3) is 0.812. The maximum atomic E-state index is 12.2. The fourth-order valence-electron chi connectivity index (χ4n) is 4.18. The van der Waals surface area contributed by atoms with E-state index in [-0.39, 0.29) is 28.8 Å². The quantitative estimate of drug-likeness (QED) is 0.766. The van der Waals surface area contributed by atoms with Gasteiger partial charge in [-0.3, -0.25) is 14.4 Å². The van der Waals surface area contributed by atoms with Crippen LogP contribution >= 0.6 is 0 Å². The van der Waals surface area contributed by atoms with Crippen molar-refractivity contribution >= 4 is 17.3 Å². The van der Waals surface area contributed by atoms with Crippen LogP contribution < -0.4 is 0 Å². The zero-order chi connectivity index (χ0) is 14.0. The summed E-state index contributed by atoms with van der Waals surface area (Å²) in [5.41, 5.74) is -0.242. The van der Waals surface area contributed by atoms with E-state index in [2.05, 4.69) is 6.92 Å². The molecular weight excluding hydrogens is 240 g/mol. The van der Waals surface area contributed by atoms with E-state index in [0.717, 1.165) is 19.3 Å². The molecule has 0 N–H and O–H groups in total. The Bertz CT molecular complexity index is 399. The van der Waals surface area contributed by atoms with Gasteiger partial charge in [0.15, 0.2) is 0 Å². The van der Waals surface area contributed by atoms with Gasteiger partial charge in [-0.15, -0.1) is 0 Å². The van der Waals surface area contributed by atoms with E-state index in [9.17, 15) is 14.4 Å². The summed E-state index contributed by atoms with van der Waals surface area (Å²) in [6.45, 7) is 3.93. The second kappa shape index (κ2) is 5.56. The molecule has 2 aliphatic carbocycles. The first kappa shape index (κ1) is 14.4. The lowest BCUT2D eigenvalue weighted by Gasteiger charge is -2.41. The summed E-state index contributed by atoms with van der Waals surface area (Å²) in [4.78, 5) is 35.9. The minimum atomic E-state index is -0.242. The van der Waals surface area contributed by atoms with Crippen LogP contribution in [0.4, 0.5) is 0 Å². The molecule has 2 saturated carbocycles. The van der Waals surface area contributed by atoms with Gasteiger partial charge in [-0.05, 0) is 31.6 Å². The van der Waals surface area contributed by atoms with Crippen molar-refractivity contribution in [2.75, 3.05) is 0 Å². The van der Waals surface area contributed by atoms with Crippen LogP contribution in [0.5, 0.6) is 0 Å². The molecule has 0 aliphatic heterocycles. The van der Waals surface area contributed by atoms with E-state index < -0.39 is 0 Å². The predicted molar refractivity (Wildman–Crippen MR) is 72.7 cm³/mol. The molecule has 0 bridgehead atoms. The van der Waals surface area contributed by atoms with Gasteiger partial charge < -0.3 is 0 Å². The third-order valence-corrected chi connectivity index (χ3v) is 5.42. The van der Waals surface area contributed by atoms with Gasteiger partial charge in [0, 0.05) is 37.0 Å². The number of hydrogen-bond acceptors (Lipinski definition) is 3. The SMILES string of the molecule is CCC(=O)CCC1C(=O)CC[C@]2(CC)C(=O)CC[C@@H]12. The van der Waals surface area contributed by atoms with Crippen LogP contribution in [0, 0.1) is 17.3 Å². The summed E-state index contributed by atoms with van der Waals surface area (Å²) in [5.74, 6) is 1.03. The number of carbonyl (C=O) groups excluding carboxylic acids is 3. The van der Waals surface area contributed by atoms with E-state index >= 15 is 0 Å². The van der Waals surface area contributed by atoms with Gasteiger partial charge in [-0.25, -0.2) is 0 Å². The summed E-state index contributed by atoms with van der Waals surface area (Å²) >= 11 is 0. The Kier molecular flexibility index (Phi) is 4.22. The van der Waals surface area contributed by atoms with Crippen molar-refractivity contribution < 1.29 is 14.4 Å². The van der Waals surface area contributed by atoms with Crippen LogP contribution in [-0.2, 0) is 14.4 Å². The van der Waals surface area contributed by atoms with Gasteiger partial charge in [-0.2, -0.15) is 0 Å². The van der Waals surface area contributed by atoms with Crippen LogP contribution in [0.1, 0.15) is 65.2 Å². The van der Waals surface area contributed by atoms with E-state index in [1.54, 1.807) is 0 Å². The van der Waals surface area contributed by atoms with Gasteiger partial charge >= 0.3 is 0 Å². The molecule has 3 atom stereocenters. The van der Waals surface area contributed by atoms with Gasteiger partial charge in [0.1, 0.15) is 17.3 Å². The third-order valence-electron chi connectivity index (χ3n) is 5.42. The van der Waals surface area contributed by atoms with Gasteiger partial charge in [0.2, 0.25) is 0 Å². The molecular formula is C16H24O3. The Morgan fingerprint density at radius 2 is 2.00 bits per heavy atom. The number of carbonyl (C=O) groups is 3. The molecule has 0 amide bonds. The molecule has 0 spiro atoms. The zero-order valence-electron chi connectivity index (χ0n) is 12.0. The lowest BCUT2D eigenvalue weighted by Crippen LogP contribution is -2.43. The lowest BCUT2D eigenvalue weighted by molar-refractivity contribution is -0.138. The van der Waals surface area contributed by atoms with Crippen LogP contribution in [0.2, 0.25) is 0 Å². The minimum Gasteiger partial charge on any atom is -0.300 e. The highest BCUT2D eigenvalue weighted by molar-refractivity contribution is 5.92. The summed E-state index contributed by atoms with van der Waals surface area (Å²) < 4.78 is 0. The van der Waals surface area contributed by atoms with Gasteiger partial charge in [0.05, 0.1) is 0 Å². The molecule has 0 radical (unpaired) electrons. The average molecular weight is 264 g/mol. The summed E-state index contributed by atoms with van der Waals surface area (Å²) in [6.07, 6.45) is 5.30. The van der Waals surface area contributed by atoms with E-state index in [0.29, 0.717) is 37.9 Å². The van der Waals surface area contributed by atoms with Crippen molar-refractivity contribution in [3.63, 3.8) is 0 Å². The zero-order valence-corrected chi connectivity index (χ0v) is 12.0. The summed E-state index contributed by atoms with van der Waals surface area (Å²) in [7, 11) is 0. The maximum absolute atomic E-state index is 12.2. The van der Waals surface area contributed by atoms with Crippen molar-refractivity contribution in [3.8, 4) is 0 Å². The lowest BCUT2D eigenvalue weighted by atomic mass is 9.60. The van der Waals surface area contributed by atoms with Crippen molar-refractivity contribution in [2.45, 2.75) is 65.2 Å². The largest absolute Gasteiger partial charge is 0.300 e. The van der Waals surface area contributed by atoms with Crippen molar-refractivity contribution in [1.82, 2.24) is 0 Å². The Balaban J connectivity index is 2.15. The highest BCUT2D eigenvalue weighted by atomic mass is 16.1. The molecule has 19 heavy (non-hydrogen) atoms. The Labute approximate surface area is 115 Å². The van der Waals surface area contributed by atoms with Gasteiger partial charge in [-0.1, -0.05) is 13.8 Å². The predicted octanol–water partition coefficient (Wildman–Crippen LogP) is 3.10. The number of hydrogen-bond donors (Lipinski definition) is 0. The molecule has 0 aromatic heterocycles. The monoisotopic (exact) mass is 264 g/mol. The average Bonchev–Trinajstić information content (AvgIpc) is 2.75. The standard InChI is InChI=1S/C16H24O3/c1-3-11(17)5-6-12-13-7-8-15(19)16(13,4-2)10-9-14(12)18/h12-13H,3-10H2,1-2H3/t12?,13-,16-/m0/s1. The molecule has 1 unspecified atom stereocenters. The summed E-state index contributed by atoms with van der Waals surface area (Å²) in [6, 6.07) is 0. The first-order valence-corrected chi connectivity index (χ1v) is 7.63. The second-order valence-electron chi connectivity index (χ2n) is 6.08. The minimum absolute atomic E-state index is 0.0457. The highest BCUT2D eigenvalue weighted by Gasteiger charge is 2.54. The molecule has 3 heteroatoms. The number of rotatable bonds is 5. The van der Waals surface area contributed by atoms with Crippen molar-refractivity contribution in [3.05, 3.63) is 0 Å². The van der Waals surface area contributed by atoms with E-state index in [4.69, 9.17) is 0 Å². The van der Waals surface area contributed by atoms with Crippen molar-refractivity contribution in [2.24, 2.45) is 17.3 Å². The molecule has 2 aliphatic rings. The van der Waals surface area contributed by atoms with E-state index in [1.807, 2.05) is 6.92 Å². The molecule has 0 heterocycles. The number of Topliss-reactive ketones (excluding diaryl/α,β-unsaturated/α-hetero) is 3. The smallest absolute Gasteiger partial charge is 0.139 e. The van der Waals surface area contributed by atoms with Crippen LogP contribution in [-0.4, -0.2) is 17.3 Å².